The Morgan fingerprint density at radius 2 is 2.11 bits per heavy atom. The monoisotopic (exact) mass is 269 g/mol. The van der Waals surface area contributed by atoms with Crippen LogP contribution in [0.2, 0.25) is 0 Å². The largest absolute Gasteiger partial charge is 0.467 e. The summed E-state index contributed by atoms with van der Waals surface area (Å²) in [5.41, 5.74) is -0.0339. The van der Waals surface area contributed by atoms with Crippen molar-refractivity contribution in [3.63, 3.8) is 0 Å². The highest BCUT2D eigenvalue weighted by Gasteiger charge is 2.36. The van der Waals surface area contributed by atoms with Gasteiger partial charge in [0.15, 0.2) is 0 Å². The van der Waals surface area contributed by atoms with Crippen molar-refractivity contribution in [3.05, 3.63) is 35.1 Å². The molecule has 0 radical (unpaired) electrons. The Balaban J connectivity index is 3.07. The molecule has 1 atom stereocenters. The van der Waals surface area contributed by atoms with Gasteiger partial charge in [-0.25, -0.2) is 9.18 Å². The predicted octanol–water partition coefficient (Wildman–Crippen LogP) is 1.76. The van der Waals surface area contributed by atoms with Crippen molar-refractivity contribution < 1.29 is 18.7 Å². The molecule has 1 aromatic rings. The number of carbonyl (C=O) groups is 1. The van der Waals surface area contributed by atoms with Gasteiger partial charge in [-0.3, -0.25) is 5.32 Å². The Morgan fingerprint density at radius 3 is 2.63 bits per heavy atom. The van der Waals surface area contributed by atoms with Gasteiger partial charge in [-0.05, 0) is 31.0 Å². The Hall–Kier alpha value is -1.46. The third kappa shape index (κ3) is 3.52. The van der Waals surface area contributed by atoms with Gasteiger partial charge in [0.1, 0.15) is 11.4 Å². The topological polar surface area (TPSA) is 47.6 Å². The Labute approximate surface area is 112 Å². The number of halogens is 1. The summed E-state index contributed by atoms with van der Waals surface area (Å²) in [5.74, 6) is -0.812. The van der Waals surface area contributed by atoms with Crippen LogP contribution in [0.1, 0.15) is 18.1 Å². The van der Waals surface area contributed by atoms with Gasteiger partial charge < -0.3 is 9.47 Å². The van der Waals surface area contributed by atoms with Gasteiger partial charge in [-0.15, -0.1) is 0 Å². The average molecular weight is 269 g/mol. The molecule has 0 aliphatic rings. The Morgan fingerprint density at radius 1 is 1.42 bits per heavy atom. The van der Waals surface area contributed by atoms with Crippen LogP contribution in [-0.4, -0.2) is 33.3 Å². The first-order valence-electron chi connectivity index (χ1n) is 6.04. The van der Waals surface area contributed by atoms with Crippen LogP contribution < -0.4 is 5.32 Å². The molecular formula is C14H20FNO3. The van der Waals surface area contributed by atoms with Crippen LogP contribution in [-0.2, 0) is 19.8 Å². The molecule has 0 aliphatic carbocycles. The SMILES string of the molecule is COCCNC(C)(C(=O)OC)c1ccc(C)c(F)c1. The standard InChI is InChI=1S/C14H20FNO3/c1-10-5-6-11(9-12(10)15)14(2,13(17)19-4)16-7-8-18-3/h5-6,9,16H,7-8H2,1-4H3. The first-order valence-corrected chi connectivity index (χ1v) is 6.04. The fraction of sp³-hybridized carbons (Fsp3) is 0.500. The molecule has 4 nitrogen and oxygen atoms in total. The number of nitrogens with one attached hydrogen (secondary N) is 1. The van der Waals surface area contributed by atoms with Crippen molar-refractivity contribution in [1.29, 1.82) is 0 Å². The highest BCUT2D eigenvalue weighted by atomic mass is 19.1. The molecule has 0 amide bonds. The molecule has 1 N–H and O–H groups in total. The molecular weight excluding hydrogens is 249 g/mol. The third-order valence-corrected chi connectivity index (χ3v) is 3.13. The highest BCUT2D eigenvalue weighted by molar-refractivity contribution is 5.82. The first-order chi connectivity index (χ1) is 8.95. The highest BCUT2D eigenvalue weighted by Crippen LogP contribution is 2.24. The summed E-state index contributed by atoms with van der Waals surface area (Å²) >= 11 is 0. The van der Waals surface area contributed by atoms with E-state index >= 15 is 0 Å². The number of hydrogen-bond donors (Lipinski definition) is 1. The summed E-state index contributed by atoms with van der Waals surface area (Å²) in [6.07, 6.45) is 0. The van der Waals surface area contributed by atoms with Gasteiger partial charge in [-0.1, -0.05) is 12.1 Å². The molecule has 0 aliphatic heterocycles. The molecule has 0 saturated carbocycles. The van der Waals surface area contributed by atoms with Gasteiger partial charge in [0.25, 0.3) is 0 Å². The zero-order valence-corrected chi connectivity index (χ0v) is 11.7. The Bertz CT molecular complexity index is 450. The van der Waals surface area contributed by atoms with E-state index in [9.17, 15) is 9.18 Å². The van der Waals surface area contributed by atoms with E-state index in [0.29, 0.717) is 24.3 Å². The van der Waals surface area contributed by atoms with Crippen LogP contribution in [0.5, 0.6) is 0 Å². The summed E-state index contributed by atoms with van der Waals surface area (Å²) in [5, 5.41) is 3.04. The van der Waals surface area contributed by atoms with E-state index < -0.39 is 11.5 Å². The van der Waals surface area contributed by atoms with E-state index in [2.05, 4.69) is 5.32 Å². The van der Waals surface area contributed by atoms with Crippen LogP contribution in [0.25, 0.3) is 0 Å². The zero-order chi connectivity index (χ0) is 14.5. The van der Waals surface area contributed by atoms with E-state index in [-0.39, 0.29) is 5.82 Å². The normalized spacial score (nSPS) is 13.9. The van der Waals surface area contributed by atoms with E-state index in [1.54, 1.807) is 33.1 Å². The molecule has 0 bridgehead atoms. The second-order valence-corrected chi connectivity index (χ2v) is 4.50. The molecule has 19 heavy (non-hydrogen) atoms. The molecule has 0 saturated heterocycles. The van der Waals surface area contributed by atoms with Crippen molar-refractivity contribution >= 4 is 5.97 Å². The van der Waals surface area contributed by atoms with Crippen LogP contribution in [0, 0.1) is 12.7 Å². The molecule has 1 rings (SSSR count). The van der Waals surface area contributed by atoms with E-state index in [0.717, 1.165) is 0 Å². The zero-order valence-electron chi connectivity index (χ0n) is 11.7. The van der Waals surface area contributed by atoms with E-state index in [4.69, 9.17) is 9.47 Å². The minimum absolute atomic E-state index is 0.346. The fourth-order valence-corrected chi connectivity index (χ4v) is 1.80. The van der Waals surface area contributed by atoms with Crippen LogP contribution in [0.4, 0.5) is 4.39 Å². The minimum atomic E-state index is -1.10. The molecule has 0 spiro atoms. The van der Waals surface area contributed by atoms with Crippen molar-refractivity contribution in [2.45, 2.75) is 19.4 Å². The summed E-state index contributed by atoms with van der Waals surface area (Å²) < 4.78 is 23.4. The third-order valence-electron chi connectivity index (χ3n) is 3.13. The van der Waals surface area contributed by atoms with Gasteiger partial charge in [-0.2, -0.15) is 0 Å². The van der Waals surface area contributed by atoms with Gasteiger partial charge >= 0.3 is 5.97 Å². The predicted molar refractivity (Wildman–Crippen MR) is 70.4 cm³/mol. The lowest BCUT2D eigenvalue weighted by molar-refractivity contribution is -0.148. The molecule has 5 heteroatoms. The minimum Gasteiger partial charge on any atom is -0.467 e. The molecule has 1 aromatic carbocycles. The van der Waals surface area contributed by atoms with E-state index in [1.807, 2.05) is 0 Å². The molecule has 106 valence electrons. The number of hydrogen-bond acceptors (Lipinski definition) is 4. The van der Waals surface area contributed by atoms with E-state index in [1.165, 1.54) is 13.2 Å². The summed E-state index contributed by atoms with van der Waals surface area (Å²) in [6.45, 7) is 4.24. The number of methoxy groups -OCH3 is 2. The van der Waals surface area contributed by atoms with Gasteiger partial charge in [0.05, 0.1) is 13.7 Å². The summed E-state index contributed by atoms with van der Waals surface area (Å²) in [6, 6.07) is 4.71. The van der Waals surface area contributed by atoms with Gasteiger partial charge in [0, 0.05) is 13.7 Å². The lowest BCUT2D eigenvalue weighted by Gasteiger charge is -2.28. The number of rotatable bonds is 6. The van der Waals surface area contributed by atoms with Crippen LogP contribution in [0.3, 0.4) is 0 Å². The molecule has 0 fully saturated rings. The van der Waals surface area contributed by atoms with Crippen molar-refractivity contribution in [3.8, 4) is 0 Å². The second-order valence-electron chi connectivity index (χ2n) is 4.50. The molecule has 0 heterocycles. The van der Waals surface area contributed by atoms with Gasteiger partial charge in [0.2, 0.25) is 0 Å². The number of carbonyl (C=O) groups excluding carboxylic acids is 1. The smallest absolute Gasteiger partial charge is 0.330 e. The maximum absolute atomic E-state index is 13.7. The number of aryl methyl sites for hydroxylation is 1. The maximum Gasteiger partial charge on any atom is 0.330 e. The first kappa shape index (κ1) is 15.6. The van der Waals surface area contributed by atoms with Crippen molar-refractivity contribution in [2.75, 3.05) is 27.4 Å². The lowest BCUT2D eigenvalue weighted by atomic mass is 9.91. The second kappa shape index (κ2) is 6.63. The number of benzene rings is 1. The van der Waals surface area contributed by atoms with Crippen molar-refractivity contribution in [2.24, 2.45) is 0 Å². The maximum atomic E-state index is 13.7. The Kier molecular flexibility index (Phi) is 5.44. The van der Waals surface area contributed by atoms with Crippen LogP contribution in [0.15, 0.2) is 18.2 Å². The average Bonchev–Trinajstić information content (AvgIpc) is 2.40. The molecule has 1 unspecified atom stereocenters. The quantitative estimate of drug-likeness (QED) is 0.631. The van der Waals surface area contributed by atoms with Crippen LogP contribution >= 0.6 is 0 Å². The summed E-state index contributed by atoms with van der Waals surface area (Å²) in [7, 11) is 2.88. The lowest BCUT2D eigenvalue weighted by Crippen LogP contribution is -2.48. The fourth-order valence-electron chi connectivity index (χ4n) is 1.80. The molecule has 0 aromatic heterocycles. The summed E-state index contributed by atoms with van der Waals surface area (Å²) in [4.78, 5) is 12.0. The number of ether oxygens (including phenoxy) is 2. The number of esters is 1. The van der Waals surface area contributed by atoms with Crippen molar-refractivity contribution in [1.82, 2.24) is 5.32 Å².